The molecular formula is C34H44N4O3. The molecule has 1 amide bonds. The van der Waals surface area contributed by atoms with Crippen LogP contribution in [0.3, 0.4) is 0 Å². The van der Waals surface area contributed by atoms with Crippen LogP contribution >= 0.6 is 0 Å². The second-order valence-corrected chi connectivity index (χ2v) is 11.9. The third kappa shape index (κ3) is 6.96. The van der Waals surface area contributed by atoms with Crippen molar-refractivity contribution in [1.82, 2.24) is 15.2 Å². The number of pyridine rings is 1. The van der Waals surface area contributed by atoms with Crippen LogP contribution in [0.25, 0.3) is 11.1 Å². The maximum absolute atomic E-state index is 13.7. The normalized spacial score (nSPS) is 20.4. The zero-order valence-electron chi connectivity index (χ0n) is 25.0. The molecule has 0 radical (unpaired) electrons. The minimum absolute atomic E-state index is 0.0502. The molecule has 2 aliphatic carbocycles. The van der Waals surface area contributed by atoms with E-state index >= 15 is 0 Å². The van der Waals surface area contributed by atoms with E-state index in [9.17, 15) is 9.59 Å². The molecule has 1 aliphatic heterocycles. The Morgan fingerprint density at radius 2 is 1.80 bits per heavy atom. The van der Waals surface area contributed by atoms with Crippen molar-refractivity contribution in [2.75, 3.05) is 44.8 Å². The lowest BCUT2D eigenvalue weighted by Crippen LogP contribution is -2.36. The topological polar surface area (TPSA) is 74.8 Å². The van der Waals surface area contributed by atoms with Crippen LogP contribution in [0, 0.1) is 12.8 Å². The molecule has 2 heterocycles. The third-order valence-electron chi connectivity index (χ3n) is 8.96. The summed E-state index contributed by atoms with van der Waals surface area (Å²) in [5.41, 5.74) is 7.64. The van der Waals surface area contributed by atoms with E-state index in [1.54, 1.807) is 6.08 Å². The average Bonchev–Trinajstić information content (AvgIpc) is 2.97. The Bertz CT molecular complexity index is 1320. The average molecular weight is 557 g/mol. The van der Waals surface area contributed by atoms with Gasteiger partial charge in [0.25, 0.3) is 5.91 Å². The second kappa shape index (κ2) is 13.1. The number of hydrogen-bond donors (Lipinski definition) is 1. The summed E-state index contributed by atoms with van der Waals surface area (Å²) in [5, 5.41) is 3.08. The van der Waals surface area contributed by atoms with Gasteiger partial charge in [-0.3, -0.25) is 19.5 Å². The third-order valence-corrected chi connectivity index (χ3v) is 8.96. The van der Waals surface area contributed by atoms with Crippen LogP contribution in [-0.2, 0) is 16.1 Å². The first-order valence-electron chi connectivity index (χ1n) is 15.1. The number of ketones is 1. The summed E-state index contributed by atoms with van der Waals surface area (Å²) in [6.45, 7) is 10.4. The number of aromatic nitrogens is 1. The minimum Gasteiger partial charge on any atom is -0.379 e. The molecule has 7 nitrogen and oxygen atoms in total. The fourth-order valence-corrected chi connectivity index (χ4v) is 6.41. The SMILES string of the molecule is CC1=CC(=O)C(CNC(=O)c2cc(-c3ccc(CN4CCOCC4)nc3)cc(N(C)C3CCCCC3)c2C)C(C)=C1. The summed E-state index contributed by atoms with van der Waals surface area (Å²) in [5.74, 6) is -0.417. The van der Waals surface area contributed by atoms with Gasteiger partial charge < -0.3 is 15.0 Å². The van der Waals surface area contributed by atoms with Gasteiger partial charge in [-0.1, -0.05) is 37.0 Å². The number of carbonyl (C=O) groups excluding carboxylic acids is 2. The van der Waals surface area contributed by atoms with Crippen molar-refractivity contribution in [3.63, 3.8) is 0 Å². The molecule has 1 atom stereocenters. The second-order valence-electron chi connectivity index (χ2n) is 11.9. The largest absolute Gasteiger partial charge is 0.379 e. The van der Waals surface area contributed by atoms with Gasteiger partial charge in [-0.25, -0.2) is 0 Å². The van der Waals surface area contributed by atoms with Crippen LogP contribution < -0.4 is 10.2 Å². The van der Waals surface area contributed by atoms with E-state index in [1.807, 2.05) is 39.1 Å². The van der Waals surface area contributed by atoms with Crippen molar-refractivity contribution in [2.24, 2.45) is 5.92 Å². The van der Waals surface area contributed by atoms with Gasteiger partial charge in [0.2, 0.25) is 0 Å². The van der Waals surface area contributed by atoms with Gasteiger partial charge in [0.1, 0.15) is 0 Å². The predicted molar refractivity (Wildman–Crippen MR) is 164 cm³/mol. The van der Waals surface area contributed by atoms with Gasteiger partial charge in [-0.05, 0) is 74.6 Å². The number of amides is 1. The molecule has 2 aromatic rings. The monoisotopic (exact) mass is 556 g/mol. The zero-order valence-corrected chi connectivity index (χ0v) is 25.0. The molecule has 5 rings (SSSR count). The summed E-state index contributed by atoms with van der Waals surface area (Å²) in [6, 6.07) is 8.86. The highest BCUT2D eigenvalue weighted by molar-refractivity contribution is 6.00. The standard InChI is InChI=1S/C34H44N4O3/c1-23-16-24(2)31(33(39)17-23)21-36-34(40)30-18-27(19-32(25(30)3)37(4)29-8-6-5-7-9-29)26-10-11-28(35-20-26)22-38-12-14-41-15-13-38/h10-11,16-20,29,31H,5-9,12-15,21-22H2,1-4H3,(H,36,40). The molecule has 2 fully saturated rings. The molecule has 7 heteroatoms. The van der Waals surface area contributed by atoms with Crippen LogP contribution in [0.1, 0.15) is 67.6 Å². The predicted octanol–water partition coefficient (Wildman–Crippen LogP) is 5.48. The van der Waals surface area contributed by atoms with Crippen molar-refractivity contribution in [3.8, 4) is 11.1 Å². The lowest BCUT2D eigenvalue weighted by Gasteiger charge is -2.34. The van der Waals surface area contributed by atoms with Crippen molar-refractivity contribution in [1.29, 1.82) is 0 Å². The van der Waals surface area contributed by atoms with E-state index in [4.69, 9.17) is 9.72 Å². The Morgan fingerprint density at radius 1 is 1.05 bits per heavy atom. The maximum atomic E-state index is 13.7. The van der Waals surface area contributed by atoms with Gasteiger partial charge in [0.15, 0.2) is 5.78 Å². The summed E-state index contributed by atoms with van der Waals surface area (Å²) in [4.78, 5) is 35.9. The van der Waals surface area contributed by atoms with Crippen LogP contribution in [0.2, 0.25) is 0 Å². The van der Waals surface area contributed by atoms with Crippen LogP contribution in [0.5, 0.6) is 0 Å². The molecular weight excluding hydrogens is 512 g/mol. The number of nitrogens with one attached hydrogen (secondary N) is 1. The van der Waals surface area contributed by atoms with Gasteiger partial charge >= 0.3 is 0 Å². The Labute approximate surface area is 244 Å². The number of morpholine rings is 1. The molecule has 0 bridgehead atoms. The zero-order chi connectivity index (χ0) is 28.9. The summed E-state index contributed by atoms with van der Waals surface area (Å²) >= 11 is 0. The first-order chi connectivity index (χ1) is 19.8. The molecule has 1 aromatic heterocycles. The fourth-order valence-electron chi connectivity index (χ4n) is 6.41. The van der Waals surface area contributed by atoms with Gasteiger partial charge in [-0.15, -0.1) is 0 Å². The number of ether oxygens (including phenoxy) is 1. The number of anilines is 1. The van der Waals surface area contributed by atoms with Gasteiger partial charge in [0.05, 0.1) is 24.8 Å². The lowest BCUT2D eigenvalue weighted by molar-refractivity contribution is -0.117. The molecule has 1 unspecified atom stereocenters. The molecule has 3 aliphatic rings. The van der Waals surface area contributed by atoms with E-state index in [0.717, 1.165) is 72.1 Å². The molecule has 1 saturated carbocycles. The summed E-state index contributed by atoms with van der Waals surface area (Å²) < 4.78 is 5.47. The number of rotatable bonds is 8. The van der Waals surface area contributed by atoms with E-state index in [-0.39, 0.29) is 17.6 Å². The van der Waals surface area contributed by atoms with E-state index in [1.165, 1.54) is 32.1 Å². The van der Waals surface area contributed by atoms with Crippen LogP contribution in [-0.4, -0.2) is 67.5 Å². The van der Waals surface area contributed by atoms with Crippen LogP contribution in [0.4, 0.5) is 5.69 Å². The van der Waals surface area contributed by atoms with E-state index in [0.29, 0.717) is 18.2 Å². The summed E-state index contributed by atoms with van der Waals surface area (Å²) in [6.07, 6.45) is 11.7. The summed E-state index contributed by atoms with van der Waals surface area (Å²) in [7, 11) is 2.16. The fraction of sp³-hybridized carbons (Fsp3) is 0.500. The smallest absolute Gasteiger partial charge is 0.251 e. The van der Waals surface area contributed by atoms with Crippen molar-refractivity contribution in [3.05, 3.63) is 70.6 Å². The van der Waals surface area contributed by atoms with Crippen molar-refractivity contribution in [2.45, 2.75) is 65.5 Å². The Balaban J connectivity index is 1.41. The first-order valence-corrected chi connectivity index (χ1v) is 15.1. The minimum atomic E-state index is -0.321. The molecule has 1 saturated heterocycles. The number of allylic oxidation sites excluding steroid dienone is 3. The number of hydrogen-bond acceptors (Lipinski definition) is 6. The van der Waals surface area contributed by atoms with Gasteiger partial charge in [0, 0.05) is 62.3 Å². The lowest BCUT2D eigenvalue weighted by atomic mass is 9.88. The molecule has 1 aromatic carbocycles. The van der Waals surface area contributed by atoms with Gasteiger partial charge in [-0.2, -0.15) is 0 Å². The number of nitrogens with zero attached hydrogens (tertiary/aromatic N) is 3. The van der Waals surface area contributed by atoms with Crippen LogP contribution in [0.15, 0.2) is 53.8 Å². The quantitative estimate of drug-likeness (QED) is 0.464. The van der Waals surface area contributed by atoms with E-state index < -0.39 is 0 Å². The molecule has 41 heavy (non-hydrogen) atoms. The maximum Gasteiger partial charge on any atom is 0.251 e. The first kappa shape index (κ1) is 29.2. The number of carbonyl (C=O) groups is 2. The van der Waals surface area contributed by atoms with Crippen molar-refractivity contribution >= 4 is 17.4 Å². The highest BCUT2D eigenvalue weighted by atomic mass is 16.5. The Morgan fingerprint density at radius 3 is 2.49 bits per heavy atom. The van der Waals surface area contributed by atoms with E-state index in [2.05, 4.69) is 40.4 Å². The van der Waals surface area contributed by atoms with Crippen molar-refractivity contribution < 1.29 is 14.3 Å². The highest BCUT2D eigenvalue weighted by Gasteiger charge is 2.26. The molecule has 218 valence electrons. The number of benzene rings is 1. The Hall–Kier alpha value is -3.29. The highest BCUT2D eigenvalue weighted by Crippen LogP contribution is 2.34. The molecule has 1 N–H and O–H groups in total. The molecule has 0 spiro atoms. The Kier molecular flexibility index (Phi) is 9.35.